The molecule has 5 atom stereocenters. The highest BCUT2D eigenvalue weighted by molar-refractivity contribution is 7.91. The predicted molar refractivity (Wildman–Crippen MR) is 88.8 cm³/mol. The third kappa shape index (κ3) is 2.97. The van der Waals surface area contributed by atoms with E-state index in [0.717, 1.165) is 32.1 Å². The maximum Gasteiger partial charge on any atom is 0.301 e. The van der Waals surface area contributed by atoms with Gasteiger partial charge in [-0.2, -0.15) is 0 Å². The van der Waals surface area contributed by atoms with Gasteiger partial charge >= 0.3 is 6.02 Å². The van der Waals surface area contributed by atoms with E-state index >= 15 is 0 Å². The standard InChI is InChI=1S/C16H27N3O3S/c1-19-12-5-4-6-13(19)10-11(9-12)17-16-18-23(20,21)15-8-3-2-7-14(15)22-16/h11-15H,2-10H2,1H3,(H,17,18)/t11-,12+,13-,14?,15?. The van der Waals surface area contributed by atoms with Crippen LogP contribution in [0.25, 0.3) is 0 Å². The Balaban J connectivity index is 1.47. The Morgan fingerprint density at radius 3 is 2.52 bits per heavy atom. The molecular formula is C16H27N3O3S. The van der Waals surface area contributed by atoms with Crippen molar-refractivity contribution in [3.63, 3.8) is 0 Å². The Morgan fingerprint density at radius 2 is 1.78 bits per heavy atom. The number of hydrogen-bond acceptors (Lipinski definition) is 5. The molecule has 0 amide bonds. The van der Waals surface area contributed by atoms with E-state index in [1.54, 1.807) is 0 Å². The molecule has 3 fully saturated rings. The number of nitrogens with one attached hydrogen (secondary N) is 1. The predicted octanol–water partition coefficient (Wildman–Crippen LogP) is 1.62. The molecule has 23 heavy (non-hydrogen) atoms. The van der Waals surface area contributed by atoms with Crippen LogP contribution < -0.4 is 5.32 Å². The molecule has 0 aromatic carbocycles. The molecule has 0 spiro atoms. The molecule has 1 saturated carbocycles. The molecule has 3 heterocycles. The zero-order valence-electron chi connectivity index (χ0n) is 13.8. The molecule has 4 aliphatic rings. The fourth-order valence-corrected chi connectivity index (χ4v) is 6.36. The number of piperidine rings is 2. The molecule has 7 heteroatoms. The maximum atomic E-state index is 12.4. The van der Waals surface area contributed by atoms with Crippen molar-refractivity contribution in [2.45, 2.75) is 87.3 Å². The second-order valence-electron chi connectivity index (χ2n) is 7.61. The maximum absolute atomic E-state index is 12.4. The minimum Gasteiger partial charge on any atom is -0.460 e. The van der Waals surface area contributed by atoms with Crippen LogP contribution in [-0.4, -0.2) is 55.9 Å². The Morgan fingerprint density at radius 1 is 1.09 bits per heavy atom. The van der Waals surface area contributed by atoms with Crippen molar-refractivity contribution in [2.75, 3.05) is 7.05 Å². The van der Waals surface area contributed by atoms with Crippen molar-refractivity contribution < 1.29 is 13.2 Å². The van der Waals surface area contributed by atoms with Gasteiger partial charge in [0.1, 0.15) is 11.4 Å². The lowest BCUT2D eigenvalue weighted by Crippen LogP contribution is -2.56. The normalized spacial score (nSPS) is 43.0. The van der Waals surface area contributed by atoms with Gasteiger partial charge < -0.3 is 15.0 Å². The molecule has 2 bridgehead atoms. The largest absolute Gasteiger partial charge is 0.460 e. The third-order valence-corrected chi connectivity index (χ3v) is 7.89. The van der Waals surface area contributed by atoms with Crippen LogP contribution in [0.4, 0.5) is 0 Å². The Kier molecular flexibility index (Phi) is 4.04. The monoisotopic (exact) mass is 341 g/mol. The smallest absolute Gasteiger partial charge is 0.301 e. The number of amidine groups is 1. The number of rotatable bonds is 1. The highest BCUT2D eigenvalue weighted by Gasteiger charge is 2.43. The van der Waals surface area contributed by atoms with Crippen LogP contribution >= 0.6 is 0 Å². The zero-order valence-corrected chi connectivity index (χ0v) is 14.6. The van der Waals surface area contributed by atoms with E-state index in [0.29, 0.717) is 18.5 Å². The van der Waals surface area contributed by atoms with Gasteiger partial charge in [0.15, 0.2) is 0 Å². The van der Waals surface area contributed by atoms with Crippen molar-refractivity contribution in [1.29, 1.82) is 0 Å². The van der Waals surface area contributed by atoms with Gasteiger partial charge in [0.2, 0.25) is 0 Å². The van der Waals surface area contributed by atoms with E-state index in [2.05, 4.69) is 21.7 Å². The number of nitrogens with zero attached hydrogens (tertiary/aromatic N) is 2. The highest BCUT2D eigenvalue weighted by atomic mass is 32.2. The van der Waals surface area contributed by atoms with Crippen LogP contribution in [0.2, 0.25) is 0 Å². The minimum atomic E-state index is -3.42. The summed E-state index contributed by atoms with van der Waals surface area (Å²) in [5, 5.41) is 2.89. The van der Waals surface area contributed by atoms with E-state index in [-0.39, 0.29) is 18.2 Å². The first kappa shape index (κ1) is 15.7. The molecule has 0 aromatic heterocycles. The number of sulfonamides is 1. The fourth-order valence-electron chi connectivity index (χ4n) is 4.86. The van der Waals surface area contributed by atoms with Gasteiger partial charge in [-0.3, -0.25) is 0 Å². The van der Waals surface area contributed by atoms with Gasteiger partial charge in [-0.05, 0) is 52.0 Å². The topological polar surface area (TPSA) is 71.0 Å². The molecule has 2 saturated heterocycles. The van der Waals surface area contributed by atoms with Crippen molar-refractivity contribution in [3.05, 3.63) is 0 Å². The molecule has 4 rings (SSSR count). The molecule has 2 unspecified atom stereocenters. The molecule has 130 valence electrons. The van der Waals surface area contributed by atoms with Crippen molar-refractivity contribution >= 4 is 16.0 Å². The lowest BCUT2D eigenvalue weighted by atomic mass is 9.82. The summed E-state index contributed by atoms with van der Waals surface area (Å²) in [5.74, 6) is 0. The molecule has 3 aliphatic heterocycles. The third-order valence-electron chi connectivity index (χ3n) is 6.17. The summed E-state index contributed by atoms with van der Waals surface area (Å²) in [4.78, 5) is 2.50. The van der Waals surface area contributed by atoms with Crippen LogP contribution in [0.15, 0.2) is 4.40 Å². The Hall–Kier alpha value is -0.820. The van der Waals surface area contributed by atoms with E-state index in [4.69, 9.17) is 4.74 Å². The average Bonchev–Trinajstić information content (AvgIpc) is 2.48. The summed E-state index contributed by atoms with van der Waals surface area (Å²) in [6, 6.07) is 1.72. The highest BCUT2D eigenvalue weighted by Crippen LogP contribution is 2.34. The minimum absolute atomic E-state index is 0.209. The van der Waals surface area contributed by atoms with Gasteiger partial charge in [0, 0.05) is 18.1 Å². The first-order chi connectivity index (χ1) is 11.0. The van der Waals surface area contributed by atoms with Crippen LogP contribution in [0.1, 0.15) is 57.8 Å². The number of hydrogen-bond donors (Lipinski definition) is 1. The van der Waals surface area contributed by atoms with Crippen LogP contribution in [-0.2, 0) is 14.8 Å². The number of fused-ring (bicyclic) bond motifs is 3. The summed E-state index contributed by atoms with van der Waals surface area (Å²) in [7, 11) is -1.20. The SMILES string of the molecule is CN1[C@@H]2CCC[C@H]1C[C@@H](NC1=NS(=O)(=O)C3CCCCC3O1)C2. The molecular weight excluding hydrogens is 314 g/mol. The number of ether oxygens (including phenoxy) is 1. The second kappa shape index (κ2) is 5.92. The molecule has 6 nitrogen and oxygen atoms in total. The van der Waals surface area contributed by atoms with E-state index in [9.17, 15) is 8.42 Å². The molecule has 1 aliphatic carbocycles. The van der Waals surface area contributed by atoms with Crippen LogP contribution in [0.3, 0.4) is 0 Å². The Bertz CT molecular complexity index is 577. The summed E-state index contributed by atoms with van der Waals surface area (Å²) in [6.07, 6.45) is 9.17. The summed E-state index contributed by atoms with van der Waals surface area (Å²) >= 11 is 0. The van der Waals surface area contributed by atoms with Crippen LogP contribution in [0, 0.1) is 0 Å². The fraction of sp³-hybridized carbons (Fsp3) is 0.938. The Labute approximate surface area is 138 Å². The van der Waals surface area contributed by atoms with Crippen LogP contribution in [0.5, 0.6) is 0 Å². The van der Waals surface area contributed by atoms with Crippen molar-refractivity contribution in [1.82, 2.24) is 10.2 Å². The molecule has 0 aromatic rings. The summed E-state index contributed by atoms with van der Waals surface area (Å²) in [6.45, 7) is 0. The first-order valence-electron chi connectivity index (χ1n) is 9.02. The summed E-state index contributed by atoms with van der Waals surface area (Å²) < 4.78 is 34.7. The van der Waals surface area contributed by atoms with Gasteiger partial charge in [0.05, 0.1) is 0 Å². The van der Waals surface area contributed by atoms with E-state index in [1.807, 2.05) is 0 Å². The molecule has 0 radical (unpaired) electrons. The quantitative estimate of drug-likeness (QED) is 0.785. The van der Waals surface area contributed by atoms with E-state index < -0.39 is 15.3 Å². The average molecular weight is 341 g/mol. The van der Waals surface area contributed by atoms with Gasteiger partial charge in [-0.1, -0.05) is 12.8 Å². The summed E-state index contributed by atoms with van der Waals surface area (Å²) in [5.41, 5.74) is 0. The lowest BCUT2D eigenvalue weighted by Gasteiger charge is -2.47. The lowest BCUT2D eigenvalue weighted by molar-refractivity contribution is 0.0490. The van der Waals surface area contributed by atoms with Gasteiger partial charge in [0.25, 0.3) is 10.0 Å². The second-order valence-corrected chi connectivity index (χ2v) is 9.43. The van der Waals surface area contributed by atoms with Gasteiger partial charge in [-0.15, -0.1) is 4.40 Å². The van der Waals surface area contributed by atoms with Crippen molar-refractivity contribution in [2.24, 2.45) is 4.40 Å². The van der Waals surface area contributed by atoms with Crippen molar-refractivity contribution in [3.8, 4) is 0 Å². The first-order valence-corrected chi connectivity index (χ1v) is 10.5. The molecule has 1 N–H and O–H groups in total. The zero-order chi connectivity index (χ0) is 16.0. The van der Waals surface area contributed by atoms with Gasteiger partial charge in [-0.25, -0.2) is 8.42 Å². The van der Waals surface area contributed by atoms with E-state index in [1.165, 1.54) is 19.3 Å².